The summed E-state index contributed by atoms with van der Waals surface area (Å²) < 4.78 is 0. The molecule has 1 atom stereocenters. The van der Waals surface area contributed by atoms with Crippen molar-refractivity contribution in [1.29, 1.82) is 0 Å². The molecule has 2 aliphatic rings. The van der Waals surface area contributed by atoms with Gasteiger partial charge in [-0.2, -0.15) is 0 Å². The number of amides is 3. The van der Waals surface area contributed by atoms with Crippen molar-refractivity contribution in [1.82, 2.24) is 19.7 Å². The zero-order valence-corrected chi connectivity index (χ0v) is 14.6. The fourth-order valence-electron chi connectivity index (χ4n) is 3.44. The van der Waals surface area contributed by atoms with Gasteiger partial charge in [0.15, 0.2) is 0 Å². The Balaban J connectivity index is 1.69. The van der Waals surface area contributed by atoms with E-state index in [0.717, 1.165) is 32.3 Å². The summed E-state index contributed by atoms with van der Waals surface area (Å²) in [5, 5.41) is 0. The summed E-state index contributed by atoms with van der Waals surface area (Å²) in [5.41, 5.74) is 0.891. The average Bonchev–Trinajstić information content (AvgIpc) is 2.67. The quantitative estimate of drug-likeness (QED) is 0.763. The first-order valence-corrected chi connectivity index (χ1v) is 8.81. The minimum atomic E-state index is -0.139. The van der Waals surface area contributed by atoms with Crippen molar-refractivity contribution in [3.8, 4) is 0 Å². The number of likely N-dealkylation sites (tertiary alicyclic amines) is 1. The van der Waals surface area contributed by atoms with Crippen LogP contribution in [0.1, 0.15) is 40.5 Å². The summed E-state index contributed by atoms with van der Waals surface area (Å²) >= 11 is 0. The number of pyridine rings is 1. The van der Waals surface area contributed by atoms with Gasteiger partial charge in [-0.1, -0.05) is 6.92 Å². The topological polar surface area (TPSA) is 73.8 Å². The third-order valence-electron chi connectivity index (χ3n) is 4.93. The predicted molar refractivity (Wildman–Crippen MR) is 92.1 cm³/mol. The van der Waals surface area contributed by atoms with E-state index in [1.807, 2.05) is 4.90 Å². The normalized spacial score (nSPS) is 21.2. The van der Waals surface area contributed by atoms with Crippen molar-refractivity contribution in [2.45, 2.75) is 19.8 Å². The third kappa shape index (κ3) is 3.97. The molecule has 3 rings (SSSR count). The first-order chi connectivity index (χ1) is 12.1. The minimum Gasteiger partial charge on any atom is -0.342 e. The molecule has 0 aliphatic carbocycles. The molecule has 7 heteroatoms. The number of hydrogen-bond donors (Lipinski definition) is 0. The van der Waals surface area contributed by atoms with Crippen LogP contribution in [0.5, 0.6) is 0 Å². The number of rotatable bonds is 3. The number of nitrogens with zero attached hydrogens (tertiary/aromatic N) is 4. The lowest BCUT2D eigenvalue weighted by molar-refractivity contribution is -0.119. The molecule has 0 aromatic carbocycles. The Morgan fingerprint density at radius 1 is 1.04 bits per heavy atom. The highest BCUT2D eigenvalue weighted by Crippen LogP contribution is 2.18. The highest BCUT2D eigenvalue weighted by molar-refractivity contribution is 5.99. The average molecular weight is 344 g/mol. The molecule has 3 amide bonds. The predicted octanol–water partition coefficient (Wildman–Crippen LogP) is 0.868. The molecule has 0 spiro atoms. The highest BCUT2D eigenvalue weighted by Gasteiger charge is 2.25. The van der Waals surface area contributed by atoms with E-state index in [1.165, 1.54) is 12.4 Å². The maximum Gasteiger partial charge on any atom is 0.255 e. The fourth-order valence-corrected chi connectivity index (χ4v) is 3.44. The van der Waals surface area contributed by atoms with E-state index < -0.39 is 0 Å². The molecule has 0 radical (unpaired) electrons. The van der Waals surface area contributed by atoms with Crippen LogP contribution < -0.4 is 0 Å². The van der Waals surface area contributed by atoms with Crippen LogP contribution >= 0.6 is 0 Å². The van der Waals surface area contributed by atoms with Crippen molar-refractivity contribution in [2.75, 3.05) is 39.3 Å². The second kappa shape index (κ2) is 7.63. The van der Waals surface area contributed by atoms with E-state index in [-0.39, 0.29) is 11.8 Å². The van der Waals surface area contributed by atoms with Gasteiger partial charge in [0.05, 0.1) is 11.1 Å². The number of piperidine rings is 1. The number of carbonyl (C=O) groups excluding carboxylic acids is 3. The Hall–Kier alpha value is -2.44. The minimum absolute atomic E-state index is 0.0560. The van der Waals surface area contributed by atoms with E-state index >= 15 is 0 Å². The van der Waals surface area contributed by atoms with Gasteiger partial charge in [0, 0.05) is 51.7 Å². The van der Waals surface area contributed by atoms with Gasteiger partial charge in [0.1, 0.15) is 0 Å². The van der Waals surface area contributed by atoms with Gasteiger partial charge in [-0.3, -0.25) is 19.4 Å². The lowest BCUT2D eigenvalue weighted by Crippen LogP contribution is -2.48. The Labute approximate surface area is 147 Å². The molecular weight excluding hydrogens is 320 g/mol. The first-order valence-electron chi connectivity index (χ1n) is 8.81. The lowest BCUT2D eigenvalue weighted by atomic mass is 9.99. The largest absolute Gasteiger partial charge is 0.342 e. The molecular formula is C18H24N4O3. The first kappa shape index (κ1) is 17.4. The van der Waals surface area contributed by atoms with Gasteiger partial charge in [-0.25, -0.2) is 0 Å². The molecule has 1 aromatic rings. The van der Waals surface area contributed by atoms with Crippen LogP contribution in [0.2, 0.25) is 0 Å². The van der Waals surface area contributed by atoms with E-state index in [0.29, 0.717) is 43.2 Å². The number of aromatic nitrogens is 1. The zero-order valence-electron chi connectivity index (χ0n) is 14.6. The molecule has 2 fully saturated rings. The number of carbonyl (C=O) groups is 3. The van der Waals surface area contributed by atoms with Gasteiger partial charge in [0.25, 0.3) is 11.8 Å². The molecule has 0 N–H and O–H groups in total. The Bertz CT molecular complexity index is 655. The maximum atomic E-state index is 12.7. The van der Waals surface area contributed by atoms with Crippen molar-refractivity contribution < 1.29 is 14.4 Å². The van der Waals surface area contributed by atoms with Crippen molar-refractivity contribution in [3.05, 3.63) is 29.6 Å². The molecule has 134 valence electrons. The van der Waals surface area contributed by atoms with Crippen LogP contribution in [-0.4, -0.2) is 77.2 Å². The van der Waals surface area contributed by atoms with Crippen LogP contribution in [0.15, 0.2) is 18.5 Å². The van der Waals surface area contributed by atoms with Crippen LogP contribution in [-0.2, 0) is 4.79 Å². The zero-order chi connectivity index (χ0) is 17.8. The van der Waals surface area contributed by atoms with Crippen molar-refractivity contribution in [3.63, 3.8) is 0 Å². The molecule has 1 aromatic heterocycles. The second-order valence-electron chi connectivity index (χ2n) is 6.89. The Kier molecular flexibility index (Phi) is 5.31. The van der Waals surface area contributed by atoms with Gasteiger partial charge in [-0.05, 0) is 24.8 Å². The standard InChI is InChI=1S/C18H24N4O3/c1-14-3-2-4-22(12-14)18(25)16-9-15(10-19-11-16)17(24)21-7-5-20(13-23)6-8-21/h9-11,13-14H,2-8,12H2,1H3. The summed E-state index contributed by atoms with van der Waals surface area (Å²) in [6.07, 6.45) is 6.00. The molecule has 0 saturated carbocycles. The SMILES string of the molecule is CC1CCCN(C(=O)c2cncc(C(=O)N3CCN(C=O)CC3)c2)C1. The van der Waals surface area contributed by atoms with Gasteiger partial charge in [-0.15, -0.1) is 0 Å². The van der Waals surface area contributed by atoms with Crippen LogP contribution in [0.4, 0.5) is 0 Å². The molecule has 7 nitrogen and oxygen atoms in total. The van der Waals surface area contributed by atoms with E-state index in [4.69, 9.17) is 0 Å². The maximum absolute atomic E-state index is 12.7. The summed E-state index contributed by atoms with van der Waals surface area (Å²) in [4.78, 5) is 45.4. The van der Waals surface area contributed by atoms with E-state index in [1.54, 1.807) is 15.9 Å². The summed E-state index contributed by atoms with van der Waals surface area (Å²) in [7, 11) is 0. The van der Waals surface area contributed by atoms with Crippen molar-refractivity contribution >= 4 is 18.2 Å². The van der Waals surface area contributed by atoms with Gasteiger partial charge < -0.3 is 14.7 Å². The van der Waals surface area contributed by atoms with Gasteiger partial charge in [0.2, 0.25) is 6.41 Å². The highest BCUT2D eigenvalue weighted by atomic mass is 16.2. The lowest BCUT2D eigenvalue weighted by Gasteiger charge is -2.32. The molecule has 0 bridgehead atoms. The van der Waals surface area contributed by atoms with Crippen LogP contribution in [0.25, 0.3) is 0 Å². The van der Waals surface area contributed by atoms with Gasteiger partial charge >= 0.3 is 0 Å². The van der Waals surface area contributed by atoms with E-state index in [2.05, 4.69) is 11.9 Å². The third-order valence-corrected chi connectivity index (χ3v) is 4.93. The molecule has 2 aliphatic heterocycles. The molecule has 3 heterocycles. The number of hydrogen-bond acceptors (Lipinski definition) is 4. The van der Waals surface area contributed by atoms with Crippen molar-refractivity contribution in [2.24, 2.45) is 5.92 Å². The Morgan fingerprint density at radius 2 is 1.68 bits per heavy atom. The summed E-state index contributed by atoms with van der Waals surface area (Å²) in [5.74, 6) is 0.309. The monoisotopic (exact) mass is 344 g/mol. The van der Waals surface area contributed by atoms with Crippen LogP contribution in [0.3, 0.4) is 0 Å². The smallest absolute Gasteiger partial charge is 0.255 e. The summed E-state index contributed by atoms with van der Waals surface area (Å²) in [6, 6.07) is 1.64. The van der Waals surface area contributed by atoms with E-state index in [9.17, 15) is 14.4 Å². The fraction of sp³-hybridized carbons (Fsp3) is 0.556. The number of piperazine rings is 1. The molecule has 1 unspecified atom stereocenters. The molecule has 25 heavy (non-hydrogen) atoms. The molecule has 2 saturated heterocycles. The summed E-state index contributed by atoms with van der Waals surface area (Å²) in [6.45, 7) is 5.73. The van der Waals surface area contributed by atoms with Crippen LogP contribution in [0, 0.1) is 5.92 Å². The Morgan fingerprint density at radius 3 is 2.28 bits per heavy atom. The second-order valence-corrected chi connectivity index (χ2v) is 6.89.